The van der Waals surface area contributed by atoms with Crippen molar-refractivity contribution in [3.63, 3.8) is 0 Å². The van der Waals surface area contributed by atoms with E-state index < -0.39 is 6.04 Å². The molecule has 2 heterocycles. The Bertz CT molecular complexity index is 1020. The number of aliphatic hydroxyl groups is 1. The minimum Gasteiger partial charge on any atom is -0.507 e. The molecule has 1 atom stereocenters. The average molecular weight is 384 g/mol. The van der Waals surface area contributed by atoms with E-state index in [1.54, 1.807) is 24.0 Å². The fourth-order valence-electron chi connectivity index (χ4n) is 3.58. The summed E-state index contributed by atoms with van der Waals surface area (Å²) in [4.78, 5) is 14.5. The number of nitrogens with one attached hydrogen (secondary N) is 1. The van der Waals surface area contributed by atoms with Crippen LogP contribution in [0.1, 0.15) is 33.2 Å². The standard InChI is InChI=1S/C20H18ClN3O3/c1-11-9-15(26)13(10-14(11)21)17-16-18(23-22-17)20(27)24(7-8-25)19(16)12-5-3-2-4-6-12/h2-6,9-10,19,25-26H,7-8H2,1H3,(H,22,23)/t19-/m1/s1. The minimum atomic E-state index is -0.408. The molecule has 3 aromatic rings. The summed E-state index contributed by atoms with van der Waals surface area (Å²) >= 11 is 6.25. The number of carbonyl (C=O) groups excluding carboxylic acids is 1. The van der Waals surface area contributed by atoms with E-state index in [0.29, 0.717) is 27.5 Å². The number of halogens is 1. The van der Waals surface area contributed by atoms with Gasteiger partial charge in [0.2, 0.25) is 0 Å². The molecule has 3 N–H and O–H groups in total. The number of benzene rings is 2. The Balaban J connectivity index is 1.93. The maximum atomic E-state index is 12.9. The number of hydrogen-bond acceptors (Lipinski definition) is 4. The molecule has 0 unspecified atom stereocenters. The number of phenols is 1. The number of aryl methyl sites for hydroxylation is 1. The molecule has 6 nitrogen and oxygen atoms in total. The van der Waals surface area contributed by atoms with E-state index in [0.717, 1.165) is 11.1 Å². The van der Waals surface area contributed by atoms with Crippen LogP contribution < -0.4 is 0 Å². The second kappa shape index (κ2) is 6.72. The highest BCUT2D eigenvalue weighted by molar-refractivity contribution is 6.31. The molecule has 7 heteroatoms. The molecule has 0 saturated carbocycles. The Labute approximate surface area is 161 Å². The molecule has 4 rings (SSSR count). The molecule has 1 aliphatic heterocycles. The van der Waals surface area contributed by atoms with Crippen LogP contribution in [0.5, 0.6) is 5.75 Å². The third-order valence-electron chi connectivity index (χ3n) is 4.85. The molecule has 0 aliphatic carbocycles. The SMILES string of the molecule is Cc1cc(O)c(-c2n[nH]c3c2[C@@H](c2ccccc2)N(CCO)C3=O)cc1Cl. The average Bonchev–Trinajstić information content (AvgIpc) is 3.19. The summed E-state index contributed by atoms with van der Waals surface area (Å²) in [6, 6.07) is 12.4. The zero-order valence-electron chi connectivity index (χ0n) is 14.6. The molecule has 0 fully saturated rings. The second-order valence-corrected chi connectivity index (χ2v) is 6.92. The van der Waals surface area contributed by atoms with Crippen LogP contribution in [0.25, 0.3) is 11.3 Å². The number of phenolic OH excluding ortho intramolecular Hbond substituents is 1. The van der Waals surface area contributed by atoms with Gasteiger partial charge in [0.15, 0.2) is 0 Å². The van der Waals surface area contributed by atoms with Crippen molar-refractivity contribution in [2.45, 2.75) is 13.0 Å². The number of aliphatic hydroxyl groups excluding tert-OH is 1. The fraction of sp³-hybridized carbons (Fsp3) is 0.200. The lowest BCUT2D eigenvalue weighted by molar-refractivity contribution is 0.0706. The van der Waals surface area contributed by atoms with Gasteiger partial charge in [-0.3, -0.25) is 9.89 Å². The van der Waals surface area contributed by atoms with E-state index >= 15 is 0 Å². The van der Waals surface area contributed by atoms with Crippen molar-refractivity contribution >= 4 is 17.5 Å². The van der Waals surface area contributed by atoms with Gasteiger partial charge in [0.1, 0.15) is 17.1 Å². The van der Waals surface area contributed by atoms with Gasteiger partial charge in [0, 0.05) is 22.7 Å². The number of aromatic amines is 1. The van der Waals surface area contributed by atoms with Crippen LogP contribution in [0.3, 0.4) is 0 Å². The summed E-state index contributed by atoms with van der Waals surface area (Å²) in [7, 11) is 0. The number of amides is 1. The van der Waals surface area contributed by atoms with Crippen molar-refractivity contribution in [1.29, 1.82) is 0 Å². The number of fused-ring (bicyclic) bond motifs is 1. The normalized spacial score (nSPS) is 16.0. The summed E-state index contributed by atoms with van der Waals surface area (Å²) in [5, 5.41) is 27.5. The van der Waals surface area contributed by atoms with Crippen LogP contribution in [0.2, 0.25) is 5.02 Å². The van der Waals surface area contributed by atoms with E-state index in [1.165, 1.54) is 0 Å². The third kappa shape index (κ3) is 2.78. The summed E-state index contributed by atoms with van der Waals surface area (Å²) in [5.41, 5.74) is 3.63. The molecule has 0 bridgehead atoms. The van der Waals surface area contributed by atoms with Gasteiger partial charge in [-0.1, -0.05) is 41.9 Å². The summed E-state index contributed by atoms with van der Waals surface area (Å²) in [6.45, 7) is 1.85. The largest absolute Gasteiger partial charge is 0.507 e. The lowest BCUT2D eigenvalue weighted by Gasteiger charge is -2.25. The van der Waals surface area contributed by atoms with Crippen LogP contribution in [0, 0.1) is 6.92 Å². The molecular weight excluding hydrogens is 366 g/mol. The zero-order chi connectivity index (χ0) is 19.1. The number of rotatable bonds is 4. The number of H-pyrrole nitrogens is 1. The van der Waals surface area contributed by atoms with Crippen LogP contribution in [0.15, 0.2) is 42.5 Å². The summed E-state index contributed by atoms with van der Waals surface area (Å²) in [5.74, 6) is -0.185. The van der Waals surface area contributed by atoms with Gasteiger partial charge in [0.25, 0.3) is 5.91 Å². The fourth-order valence-corrected chi connectivity index (χ4v) is 3.74. The first-order valence-electron chi connectivity index (χ1n) is 8.57. The number of carbonyl (C=O) groups is 1. The Morgan fingerprint density at radius 3 is 2.70 bits per heavy atom. The first kappa shape index (κ1) is 17.6. The summed E-state index contributed by atoms with van der Waals surface area (Å²) < 4.78 is 0. The Kier molecular flexibility index (Phi) is 4.37. The van der Waals surface area contributed by atoms with Crippen molar-refractivity contribution < 1.29 is 15.0 Å². The Hall–Kier alpha value is -2.83. The first-order chi connectivity index (χ1) is 13.0. The van der Waals surface area contributed by atoms with Crippen molar-refractivity contribution in [3.8, 4) is 17.0 Å². The van der Waals surface area contributed by atoms with E-state index in [4.69, 9.17) is 11.6 Å². The maximum absolute atomic E-state index is 12.9. The van der Waals surface area contributed by atoms with Crippen LogP contribution in [-0.2, 0) is 0 Å². The number of hydrogen-bond donors (Lipinski definition) is 3. The van der Waals surface area contributed by atoms with Crippen molar-refractivity contribution in [2.75, 3.05) is 13.2 Å². The van der Waals surface area contributed by atoms with Gasteiger partial charge in [-0.2, -0.15) is 5.10 Å². The van der Waals surface area contributed by atoms with Gasteiger partial charge < -0.3 is 15.1 Å². The van der Waals surface area contributed by atoms with Crippen LogP contribution >= 0.6 is 11.6 Å². The Morgan fingerprint density at radius 1 is 1.26 bits per heavy atom. The number of aromatic nitrogens is 2. The van der Waals surface area contributed by atoms with Crippen molar-refractivity contribution in [3.05, 3.63) is 69.9 Å². The maximum Gasteiger partial charge on any atom is 0.273 e. The van der Waals surface area contributed by atoms with Gasteiger partial charge in [0.05, 0.1) is 12.6 Å². The van der Waals surface area contributed by atoms with E-state index in [-0.39, 0.29) is 24.8 Å². The van der Waals surface area contributed by atoms with Crippen molar-refractivity contribution in [2.24, 2.45) is 0 Å². The second-order valence-electron chi connectivity index (χ2n) is 6.51. The molecule has 2 aromatic carbocycles. The van der Waals surface area contributed by atoms with Crippen LogP contribution in [-0.4, -0.2) is 44.4 Å². The predicted molar refractivity (Wildman–Crippen MR) is 102 cm³/mol. The van der Waals surface area contributed by atoms with E-state index in [1.807, 2.05) is 30.3 Å². The molecular formula is C20H18ClN3O3. The molecule has 1 amide bonds. The van der Waals surface area contributed by atoms with E-state index in [2.05, 4.69) is 10.2 Å². The van der Waals surface area contributed by atoms with Crippen molar-refractivity contribution in [1.82, 2.24) is 15.1 Å². The highest BCUT2D eigenvalue weighted by Crippen LogP contribution is 2.45. The highest BCUT2D eigenvalue weighted by Gasteiger charge is 2.42. The minimum absolute atomic E-state index is 0.0473. The lowest BCUT2D eigenvalue weighted by Crippen LogP contribution is -2.32. The topological polar surface area (TPSA) is 89.5 Å². The highest BCUT2D eigenvalue weighted by atomic mass is 35.5. The van der Waals surface area contributed by atoms with E-state index in [9.17, 15) is 15.0 Å². The number of aromatic hydroxyl groups is 1. The number of β-amino-alcohol motifs (C(OH)–C–C–N with tert-alkyl or cyclic N) is 1. The van der Waals surface area contributed by atoms with Gasteiger partial charge in [-0.25, -0.2) is 0 Å². The first-order valence-corrected chi connectivity index (χ1v) is 8.95. The molecule has 0 spiro atoms. The lowest BCUT2D eigenvalue weighted by atomic mass is 9.95. The van der Waals surface area contributed by atoms with Gasteiger partial charge >= 0.3 is 0 Å². The Morgan fingerprint density at radius 2 is 2.00 bits per heavy atom. The predicted octanol–water partition coefficient (Wildman–Crippen LogP) is 3.28. The van der Waals surface area contributed by atoms with Gasteiger partial charge in [-0.05, 0) is 30.2 Å². The van der Waals surface area contributed by atoms with Gasteiger partial charge in [-0.15, -0.1) is 0 Å². The quantitative estimate of drug-likeness (QED) is 0.645. The molecule has 1 aromatic heterocycles. The molecule has 1 aliphatic rings. The molecule has 27 heavy (non-hydrogen) atoms. The monoisotopic (exact) mass is 383 g/mol. The van der Waals surface area contributed by atoms with Crippen LogP contribution in [0.4, 0.5) is 0 Å². The zero-order valence-corrected chi connectivity index (χ0v) is 15.4. The third-order valence-corrected chi connectivity index (χ3v) is 5.26. The summed E-state index contributed by atoms with van der Waals surface area (Å²) in [6.07, 6.45) is 0. The molecule has 138 valence electrons. The molecule has 0 radical (unpaired) electrons. The number of nitrogens with zero attached hydrogens (tertiary/aromatic N) is 2. The molecule has 0 saturated heterocycles. The smallest absolute Gasteiger partial charge is 0.273 e.